The zero-order valence-corrected chi connectivity index (χ0v) is 17.0. The fourth-order valence-corrected chi connectivity index (χ4v) is 3.62. The molecule has 6 nitrogen and oxygen atoms in total. The standard InChI is InChI=1S/C21H19FN4O2S/c1-12(2)28-16-8-9-17-18(10-16)26(15-6-4-14(22)5-7-15)25-20(17)24-21(27)19-11-23-13(3)29-19/h4-12H,1-3H3,(H,24,25,27). The number of aryl methyl sites for hydroxylation is 1. The summed E-state index contributed by atoms with van der Waals surface area (Å²) >= 11 is 1.32. The molecule has 0 aliphatic rings. The summed E-state index contributed by atoms with van der Waals surface area (Å²) in [5, 5.41) is 9.00. The summed E-state index contributed by atoms with van der Waals surface area (Å²) in [4.78, 5) is 17.2. The van der Waals surface area contributed by atoms with Gasteiger partial charge in [0.1, 0.15) is 16.4 Å². The van der Waals surface area contributed by atoms with Crippen molar-refractivity contribution in [1.82, 2.24) is 14.8 Å². The molecule has 0 unspecified atom stereocenters. The Labute approximate surface area is 171 Å². The molecule has 2 aromatic carbocycles. The first-order valence-corrected chi connectivity index (χ1v) is 9.91. The lowest BCUT2D eigenvalue weighted by atomic mass is 10.2. The minimum atomic E-state index is -0.330. The third-order valence-electron chi connectivity index (χ3n) is 4.17. The Morgan fingerprint density at radius 2 is 1.97 bits per heavy atom. The van der Waals surface area contributed by atoms with E-state index in [2.05, 4.69) is 15.4 Å². The van der Waals surface area contributed by atoms with Crippen LogP contribution in [-0.2, 0) is 0 Å². The van der Waals surface area contributed by atoms with Crippen molar-refractivity contribution in [2.75, 3.05) is 5.32 Å². The van der Waals surface area contributed by atoms with Gasteiger partial charge in [-0.1, -0.05) is 0 Å². The summed E-state index contributed by atoms with van der Waals surface area (Å²) in [6.07, 6.45) is 1.56. The van der Waals surface area contributed by atoms with Crippen LogP contribution >= 0.6 is 11.3 Å². The van der Waals surface area contributed by atoms with Gasteiger partial charge < -0.3 is 10.1 Å². The SMILES string of the molecule is Cc1ncc(C(=O)Nc2nn(-c3ccc(F)cc3)c3cc(OC(C)C)ccc23)s1. The number of nitrogens with zero attached hydrogens (tertiary/aromatic N) is 3. The average molecular weight is 410 g/mol. The summed E-state index contributed by atoms with van der Waals surface area (Å²) in [7, 11) is 0. The van der Waals surface area contributed by atoms with Crippen LogP contribution in [0.2, 0.25) is 0 Å². The highest BCUT2D eigenvalue weighted by Crippen LogP contribution is 2.30. The number of halogens is 1. The minimum absolute atomic E-state index is 0.0170. The maximum absolute atomic E-state index is 13.4. The van der Waals surface area contributed by atoms with E-state index in [9.17, 15) is 9.18 Å². The van der Waals surface area contributed by atoms with E-state index in [0.717, 1.165) is 15.9 Å². The van der Waals surface area contributed by atoms with Gasteiger partial charge in [0.2, 0.25) is 0 Å². The number of benzene rings is 2. The molecule has 2 heterocycles. The minimum Gasteiger partial charge on any atom is -0.491 e. The van der Waals surface area contributed by atoms with Gasteiger partial charge in [-0.25, -0.2) is 14.1 Å². The summed E-state index contributed by atoms with van der Waals surface area (Å²) in [5.74, 6) is 0.495. The summed E-state index contributed by atoms with van der Waals surface area (Å²) in [6, 6.07) is 11.6. The first-order valence-electron chi connectivity index (χ1n) is 9.10. The van der Waals surface area contributed by atoms with E-state index in [0.29, 0.717) is 22.1 Å². The summed E-state index contributed by atoms with van der Waals surface area (Å²) < 4.78 is 20.8. The number of fused-ring (bicyclic) bond motifs is 1. The van der Waals surface area contributed by atoms with Crippen molar-refractivity contribution < 1.29 is 13.9 Å². The number of ether oxygens (including phenoxy) is 1. The maximum Gasteiger partial charge on any atom is 0.268 e. The molecule has 4 rings (SSSR count). The Hall–Kier alpha value is -3.26. The summed E-state index contributed by atoms with van der Waals surface area (Å²) in [5.41, 5.74) is 1.41. The van der Waals surface area contributed by atoms with Crippen LogP contribution in [0.5, 0.6) is 5.75 Å². The fraction of sp³-hybridized carbons (Fsp3) is 0.190. The zero-order valence-electron chi connectivity index (χ0n) is 16.1. The number of thiazole rings is 1. The predicted molar refractivity (Wildman–Crippen MR) is 112 cm³/mol. The quantitative estimate of drug-likeness (QED) is 0.504. The number of rotatable bonds is 5. The smallest absolute Gasteiger partial charge is 0.268 e. The van der Waals surface area contributed by atoms with Crippen LogP contribution in [0.4, 0.5) is 10.2 Å². The van der Waals surface area contributed by atoms with Gasteiger partial charge in [-0.15, -0.1) is 16.4 Å². The average Bonchev–Trinajstić information content (AvgIpc) is 3.26. The number of carbonyl (C=O) groups excluding carboxylic acids is 1. The highest BCUT2D eigenvalue weighted by Gasteiger charge is 2.17. The van der Waals surface area contributed by atoms with Gasteiger partial charge in [-0.2, -0.15) is 0 Å². The number of anilines is 1. The molecule has 1 amide bonds. The van der Waals surface area contributed by atoms with Crippen LogP contribution in [0, 0.1) is 12.7 Å². The highest BCUT2D eigenvalue weighted by atomic mass is 32.1. The molecule has 8 heteroatoms. The molecular weight excluding hydrogens is 391 g/mol. The summed E-state index contributed by atoms with van der Waals surface area (Å²) in [6.45, 7) is 5.74. The number of nitrogens with one attached hydrogen (secondary N) is 1. The van der Waals surface area contributed by atoms with Crippen LogP contribution in [0.25, 0.3) is 16.6 Å². The second-order valence-electron chi connectivity index (χ2n) is 6.78. The van der Waals surface area contributed by atoms with E-state index in [1.807, 2.05) is 39.0 Å². The van der Waals surface area contributed by atoms with Gasteiger partial charge in [-0.3, -0.25) is 4.79 Å². The highest BCUT2D eigenvalue weighted by molar-refractivity contribution is 7.13. The molecular formula is C21H19FN4O2S. The zero-order chi connectivity index (χ0) is 20.5. The Bertz CT molecular complexity index is 1180. The van der Waals surface area contributed by atoms with Crippen LogP contribution in [-0.4, -0.2) is 26.8 Å². The van der Waals surface area contributed by atoms with Gasteiger partial charge in [0.05, 0.1) is 28.5 Å². The van der Waals surface area contributed by atoms with Crippen molar-refractivity contribution in [2.24, 2.45) is 0 Å². The Balaban J connectivity index is 1.79. The van der Waals surface area contributed by atoms with Crippen LogP contribution in [0.3, 0.4) is 0 Å². The lowest BCUT2D eigenvalue weighted by Crippen LogP contribution is -2.11. The van der Waals surface area contributed by atoms with E-state index in [4.69, 9.17) is 4.74 Å². The molecule has 0 atom stereocenters. The molecule has 0 fully saturated rings. The van der Waals surface area contributed by atoms with Crippen molar-refractivity contribution in [1.29, 1.82) is 0 Å². The molecule has 0 bridgehead atoms. The van der Waals surface area contributed by atoms with Crippen molar-refractivity contribution in [3.8, 4) is 11.4 Å². The van der Waals surface area contributed by atoms with Crippen molar-refractivity contribution >= 4 is 34.0 Å². The third-order valence-corrected chi connectivity index (χ3v) is 5.08. The van der Waals surface area contributed by atoms with Gasteiger partial charge >= 0.3 is 0 Å². The van der Waals surface area contributed by atoms with Crippen molar-refractivity contribution in [3.05, 3.63) is 64.4 Å². The van der Waals surface area contributed by atoms with E-state index in [-0.39, 0.29) is 17.8 Å². The largest absolute Gasteiger partial charge is 0.491 e. The van der Waals surface area contributed by atoms with Gasteiger partial charge in [0.25, 0.3) is 5.91 Å². The monoisotopic (exact) mass is 410 g/mol. The first kappa shape index (κ1) is 19.1. The second kappa shape index (κ2) is 7.63. The normalized spacial score (nSPS) is 11.2. The molecule has 4 aromatic rings. The number of aromatic nitrogens is 3. The van der Waals surface area contributed by atoms with E-state index >= 15 is 0 Å². The fourth-order valence-electron chi connectivity index (χ4n) is 2.95. The van der Waals surface area contributed by atoms with Crippen molar-refractivity contribution in [3.63, 3.8) is 0 Å². The number of amides is 1. The number of carbonyl (C=O) groups is 1. The van der Waals surface area contributed by atoms with Crippen LogP contribution in [0.15, 0.2) is 48.7 Å². The Morgan fingerprint density at radius 1 is 1.21 bits per heavy atom. The van der Waals surface area contributed by atoms with E-state index in [1.165, 1.54) is 23.5 Å². The molecule has 0 aliphatic carbocycles. The first-order chi connectivity index (χ1) is 13.9. The topological polar surface area (TPSA) is 69.0 Å². The molecule has 0 saturated heterocycles. The van der Waals surface area contributed by atoms with Gasteiger partial charge in [-0.05, 0) is 57.2 Å². The van der Waals surface area contributed by atoms with E-state index < -0.39 is 0 Å². The lowest BCUT2D eigenvalue weighted by molar-refractivity contribution is 0.103. The third kappa shape index (κ3) is 3.97. The second-order valence-corrected chi connectivity index (χ2v) is 8.01. The molecule has 2 aromatic heterocycles. The Morgan fingerprint density at radius 3 is 2.62 bits per heavy atom. The Kier molecular flexibility index (Phi) is 5.02. The van der Waals surface area contributed by atoms with Crippen molar-refractivity contribution in [2.45, 2.75) is 26.9 Å². The maximum atomic E-state index is 13.4. The molecule has 0 saturated carbocycles. The molecule has 0 aliphatic heterocycles. The van der Waals surface area contributed by atoms with E-state index in [1.54, 1.807) is 23.0 Å². The number of hydrogen-bond donors (Lipinski definition) is 1. The molecule has 0 spiro atoms. The predicted octanol–water partition coefficient (Wildman–Crippen LogP) is 4.97. The molecule has 0 radical (unpaired) electrons. The van der Waals surface area contributed by atoms with Crippen LogP contribution in [0.1, 0.15) is 28.5 Å². The van der Waals surface area contributed by atoms with Gasteiger partial charge in [0, 0.05) is 11.5 Å². The lowest BCUT2D eigenvalue weighted by Gasteiger charge is -2.10. The number of hydrogen-bond acceptors (Lipinski definition) is 5. The molecule has 1 N–H and O–H groups in total. The van der Waals surface area contributed by atoms with Gasteiger partial charge in [0.15, 0.2) is 5.82 Å². The molecule has 148 valence electrons. The van der Waals surface area contributed by atoms with Crippen LogP contribution < -0.4 is 10.1 Å². The molecule has 29 heavy (non-hydrogen) atoms.